The maximum atomic E-state index is 6.48. The highest BCUT2D eigenvalue weighted by Crippen LogP contribution is 2.66. The van der Waals surface area contributed by atoms with Crippen molar-refractivity contribution in [3.63, 3.8) is 0 Å². The van der Waals surface area contributed by atoms with Crippen molar-refractivity contribution >= 4 is 51.2 Å². The molecule has 0 fully saturated rings. The van der Waals surface area contributed by atoms with Gasteiger partial charge in [-0.3, -0.25) is 0 Å². The third kappa shape index (κ3) is 10.8. The number of aromatic nitrogens is 6. The van der Waals surface area contributed by atoms with Crippen molar-refractivity contribution in [3.05, 3.63) is 498 Å². The SMILES string of the molecule is c1ccc(C2(c3ccccc3)c3ccccc3N(c3ccc(-c4ncccn4)cc3)c3ccccc32)cc1.c1cnc(-c2ccc(N3c4ccccc4C4(c5ccccc5-c5ccccc54)c4ccccc43)cc2)nc1.c1cnc(-c2ccc(N3c4ccccc4C4(c5ccccc5Oc5ccccc54)c4ccccc43)cc2)nc1. The number of ether oxygens (including phenoxy) is 1. The van der Waals surface area contributed by atoms with Gasteiger partial charge in [0.05, 0.1) is 50.4 Å². The smallest absolute Gasteiger partial charge is 0.159 e. The molecular weight excluding hydrogens is 1400 g/mol. The molecule has 10 nitrogen and oxygen atoms in total. The summed E-state index contributed by atoms with van der Waals surface area (Å²) in [5.74, 6) is 3.96. The molecule has 0 atom stereocenters. The molecule has 7 heterocycles. The molecule has 15 aromatic carbocycles. The molecule has 542 valence electrons. The Bertz CT molecular complexity index is 6190. The van der Waals surface area contributed by atoms with Crippen LogP contribution in [0.4, 0.5) is 51.2 Å². The van der Waals surface area contributed by atoms with E-state index in [1.807, 2.05) is 30.3 Å². The molecule has 18 aromatic rings. The summed E-state index contributed by atoms with van der Waals surface area (Å²) in [6, 6.07) is 140. The molecule has 1 aliphatic carbocycles. The number of benzene rings is 15. The van der Waals surface area contributed by atoms with Crippen LogP contribution in [0.25, 0.3) is 45.3 Å². The summed E-state index contributed by atoms with van der Waals surface area (Å²) in [4.78, 5) is 33.7. The first-order valence-electron chi connectivity index (χ1n) is 38.9. The summed E-state index contributed by atoms with van der Waals surface area (Å²) >= 11 is 0. The summed E-state index contributed by atoms with van der Waals surface area (Å²) in [7, 11) is 0. The minimum atomic E-state index is -0.521. The van der Waals surface area contributed by atoms with Crippen LogP contribution in [-0.2, 0) is 16.2 Å². The Morgan fingerprint density at radius 1 is 0.183 bits per heavy atom. The van der Waals surface area contributed by atoms with Gasteiger partial charge in [-0.1, -0.05) is 255 Å². The lowest BCUT2D eigenvalue weighted by atomic mass is 9.61. The zero-order valence-corrected chi connectivity index (χ0v) is 62.4. The Balaban J connectivity index is 0.000000108. The van der Waals surface area contributed by atoms with Gasteiger partial charge >= 0.3 is 0 Å². The minimum absolute atomic E-state index is 0.380. The number of anilines is 9. The minimum Gasteiger partial charge on any atom is -0.457 e. The first-order chi connectivity index (χ1) is 57.1. The monoisotopic (exact) mass is 1470 g/mol. The van der Waals surface area contributed by atoms with Crippen molar-refractivity contribution in [1.29, 1.82) is 0 Å². The van der Waals surface area contributed by atoms with E-state index in [0.717, 1.165) is 85.2 Å². The van der Waals surface area contributed by atoms with E-state index in [1.54, 1.807) is 37.2 Å². The molecule has 23 rings (SSSR count). The van der Waals surface area contributed by atoms with Gasteiger partial charge in [0.25, 0.3) is 0 Å². The van der Waals surface area contributed by atoms with Crippen molar-refractivity contribution in [1.82, 2.24) is 29.9 Å². The highest BCUT2D eigenvalue weighted by Gasteiger charge is 2.54. The zero-order chi connectivity index (χ0) is 76.3. The van der Waals surface area contributed by atoms with Crippen LogP contribution in [0.2, 0.25) is 0 Å². The lowest BCUT2D eigenvalue weighted by molar-refractivity contribution is 0.434. The van der Waals surface area contributed by atoms with E-state index in [0.29, 0.717) is 0 Å². The van der Waals surface area contributed by atoms with Crippen molar-refractivity contribution in [3.8, 4) is 56.8 Å². The standard InChI is InChI=1S/C35H23N3O.C35H23N3.C35H25N3/c1-5-14-30-26(10-1)35(28-12-3-7-16-32(28)39-33-17-8-4-13-29(33)35)27-11-2-6-15-31(27)38(30)25-20-18-24(19-21-25)34-36-22-9-23-37-34;1-3-12-28-26(10-1)27-11-2-4-13-29(27)35(28)30-14-5-7-16-32(30)38(33-17-8-6-15-31(33)35)25-20-18-24(19-21-25)34-36-22-9-23-37-34;1-3-12-27(13-4-1)35(28-14-5-2-6-15-28)30-16-7-9-18-32(30)38(33-19-10-8-17-31(33)35)29-22-20-26(21-23-29)34-36-24-11-25-37-34/h1-23H;1-23H;1-25H. The highest BCUT2D eigenvalue weighted by atomic mass is 16.5. The van der Waals surface area contributed by atoms with E-state index in [4.69, 9.17) is 4.74 Å². The molecule has 10 heteroatoms. The normalized spacial score (nSPS) is 13.8. The van der Waals surface area contributed by atoms with Crippen LogP contribution >= 0.6 is 0 Å². The predicted octanol–water partition coefficient (Wildman–Crippen LogP) is 25.0. The van der Waals surface area contributed by atoms with E-state index < -0.39 is 10.8 Å². The number of fused-ring (bicyclic) bond motifs is 19. The number of rotatable bonds is 8. The number of hydrogen-bond acceptors (Lipinski definition) is 10. The second-order valence-electron chi connectivity index (χ2n) is 29.1. The fourth-order valence-corrected chi connectivity index (χ4v) is 18.8. The van der Waals surface area contributed by atoms with Crippen LogP contribution in [-0.4, -0.2) is 29.9 Å². The van der Waals surface area contributed by atoms with Gasteiger partial charge in [-0.15, -0.1) is 0 Å². The molecule has 2 spiro atoms. The summed E-state index contributed by atoms with van der Waals surface area (Å²) in [6.07, 6.45) is 10.7. The Morgan fingerprint density at radius 3 is 0.704 bits per heavy atom. The molecule has 0 amide bonds. The Labute approximate surface area is 667 Å². The molecule has 115 heavy (non-hydrogen) atoms. The van der Waals surface area contributed by atoms with Crippen LogP contribution in [0.15, 0.2) is 431 Å². The van der Waals surface area contributed by atoms with Crippen LogP contribution in [0, 0.1) is 0 Å². The summed E-state index contributed by atoms with van der Waals surface area (Å²) in [6.45, 7) is 0. The fraction of sp³-hybridized carbons (Fsp3) is 0.0286. The first kappa shape index (κ1) is 67.8. The third-order valence-corrected chi connectivity index (χ3v) is 23.3. The summed E-state index contributed by atoms with van der Waals surface area (Å²) in [5, 5.41) is 0. The van der Waals surface area contributed by atoms with Gasteiger partial charge in [-0.2, -0.15) is 0 Å². The van der Waals surface area contributed by atoms with Crippen molar-refractivity contribution in [2.24, 2.45) is 0 Å². The van der Waals surface area contributed by atoms with Crippen molar-refractivity contribution in [2.45, 2.75) is 16.2 Å². The molecular formula is C105H71N9O. The van der Waals surface area contributed by atoms with Gasteiger partial charge in [0.1, 0.15) is 11.5 Å². The molecule has 0 saturated carbocycles. The van der Waals surface area contributed by atoms with E-state index in [1.165, 1.54) is 89.5 Å². The summed E-state index contributed by atoms with van der Waals surface area (Å²) < 4.78 is 6.48. The maximum Gasteiger partial charge on any atom is 0.159 e. The van der Waals surface area contributed by atoms with Gasteiger partial charge in [-0.05, 0) is 206 Å². The molecule has 0 bridgehead atoms. The molecule has 0 unspecified atom stereocenters. The quantitative estimate of drug-likeness (QED) is 0.146. The Hall–Kier alpha value is -15.3. The van der Waals surface area contributed by atoms with Crippen LogP contribution in [0.3, 0.4) is 0 Å². The van der Waals surface area contributed by atoms with Crippen molar-refractivity contribution in [2.75, 3.05) is 14.7 Å². The Kier molecular flexibility index (Phi) is 16.7. The average Bonchev–Trinajstić information content (AvgIpc) is 1.47. The lowest BCUT2D eigenvalue weighted by Crippen LogP contribution is -2.39. The second kappa shape index (κ2) is 28.2. The van der Waals surface area contributed by atoms with Gasteiger partial charge in [0.2, 0.25) is 0 Å². The van der Waals surface area contributed by atoms with Crippen molar-refractivity contribution < 1.29 is 4.74 Å². The largest absolute Gasteiger partial charge is 0.457 e. The first-order valence-corrected chi connectivity index (χ1v) is 38.9. The third-order valence-electron chi connectivity index (χ3n) is 23.3. The molecule has 0 radical (unpaired) electrons. The van der Waals surface area contributed by atoms with Gasteiger partial charge < -0.3 is 19.4 Å². The molecule has 0 saturated heterocycles. The zero-order valence-electron chi connectivity index (χ0n) is 62.4. The molecule has 3 aromatic heterocycles. The van der Waals surface area contributed by atoms with Crippen LogP contribution in [0.1, 0.15) is 66.8 Å². The second-order valence-corrected chi connectivity index (χ2v) is 29.1. The summed E-state index contributed by atoms with van der Waals surface area (Å²) in [5.41, 5.74) is 29.6. The van der Waals surface area contributed by atoms with E-state index in [9.17, 15) is 0 Å². The molecule has 0 N–H and O–H groups in total. The average molecular weight is 1470 g/mol. The number of hydrogen-bond donors (Lipinski definition) is 0. The van der Waals surface area contributed by atoms with E-state index in [-0.39, 0.29) is 5.41 Å². The van der Waals surface area contributed by atoms with Crippen LogP contribution in [0.5, 0.6) is 11.5 Å². The van der Waals surface area contributed by atoms with Gasteiger partial charge in [0.15, 0.2) is 17.5 Å². The maximum absolute atomic E-state index is 6.48. The van der Waals surface area contributed by atoms with Gasteiger partial charge in [-0.25, -0.2) is 29.9 Å². The molecule has 5 aliphatic rings. The molecule has 4 aliphatic heterocycles. The topological polar surface area (TPSA) is 96.3 Å². The predicted molar refractivity (Wildman–Crippen MR) is 461 cm³/mol. The fourth-order valence-electron chi connectivity index (χ4n) is 18.8. The van der Waals surface area contributed by atoms with Crippen LogP contribution < -0.4 is 19.4 Å². The lowest BCUT2D eigenvalue weighted by Gasteiger charge is -2.48. The Morgan fingerprint density at radius 2 is 0.409 bits per heavy atom. The van der Waals surface area contributed by atoms with Gasteiger partial charge in [0, 0.05) is 82.1 Å². The van der Waals surface area contributed by atoms with E-state index >= 15 is 0 Å². The number of para-hydroxylation sites is 8. The number of nitrogens with zero attached hydrogens (tertiary/aromatic N) is 9. The van der Waals surface area contributed by atoms with E-state index in [2.05, 4.69) is 409 Å². The highest BCUT2D eigenvalue weighted by molar-refractivity contribution is 5.97.